The van der Waals surface area contributed by atoms with Crippen LogP contribution in [0.2, 0.25) is 0 Å². The van der Waals surface area contributed by atoms with Crippen LogP contribution in [-0.4, -0.2) is 24.4 Å². The van der Waals surface area contributed by atoms with E-state index in [1.54, 1.807) is 12.1 Å². The third-order valence-corrected chi connectivity index (χ3v) is 3.04. The maximum Gasteiger partial charge on any atom is 0.272 e. The number of carbonyl (C=O) groups excluding carboxylic acids is 1. The van der Waals surface area contributed by atoms with Gasteiger partial charge in [0.2, 0.25) is 0 Å². The zero-order valence-electron chi connectivity index (χ0n) is 10.2. The van der Waals surface area contributed by atoms with E-state index in [1.165, 1.54) is 11.5 Å². The number of rotatable bonds is 4. The predicted molar refractivity (Wildman–Crippen MR) is 74.0 cm³/mol. The normalized spacial score (nSPS) is 9.89. The smallest absolute Gasteiger partial charge is 0.272 e. The van der Waals surface area contributed by atoms with E-state index in [0.717, 1.165) is 11.4 Å². The molecule has 2 rings (SSSR count). The van der Waals surface area contributed by atoms with Crippen molar-refractivity contribution in [2.45, 2.75) is 0 Å². The number of benzene rings is 1. The minimum absolute atomic E-state index is 0.187. The maximum absolute atomic E-state index is 11.6. The summed E-state index contributed by atoms with van der Waals surface area (Å²) in [6.45, 7) is 0. The zero-order valence-corrected chi connectivity index (χ0v) is 11.0. The summed E-state index contributed by atoms with van der Waals surface area (Å²) in [5, 5.41) is 6.19. The molecule has 94 valence electrons. The van der Waals surface area contributed by atoms with Crippen molar-refractivity contribution in [1.29, 1.82) is 0 Å². The highest BCUT2D eigenvalue weighted by Gasteiger charge is 2.16. The maximum atomic E-state index is 11.6. The molecule has 2 aromatic rings. The van der Waals surface area contributed by atoms with Crippen molar-refractivity contribution in [2.75, 3.05) is 24.5 Å². The number of para-hydroxylation sites is 1. The number of hydrogen-bond donors (Lipinski definition) is 2. The van der Waals surface area contributed by atoms with Gasteiger partial charge in [-0.25, -0.2) is 0 Å². The third kappa shape index (κ3) is 2.60. The number of nitrogens with zero attached hydrogens (tertiary/aromatic N) is 2. The van der Waals surface area contributed by atoms with Crippen molar-refractivity contribution >= 4 is 28.8 Å². The first kappa shape index (κ1) is 12.4. The molecule has 0 spiro atoms. The molecular weight excluding hydrogens is 248 g/mol. The van der Waals surface area contributed by atoms with Crippen LogP contribution in [0.3, 0.4) is 0 Å². The molecule has 0 aliphatic rings. The molecule has 1 aromatic carbocycles. The molecule has 0 bridgehead atoms. The van der Waals surface area contributed by atoms with Crippen LogP contribution in [0.15, 0.2) is 35.7 Å². The van der Waals surface area contributed by atoms with Gasteiger partial charge in [0, 0.05) is 19.5 Å². The first-order valence-corrected chi connectivity index (χ1v) is 6.28. The van der Waals surface area contributed by atoms with Crippen molar-refractivity contribution < 1.29 is 4.79 Å². The van der Waals surface area contributed by atoms with Gasteiger partial charge in [-0.2, -0.15) is 4.37 Å². The van der Waals surface area contributed by atoms with E-state index in [2.05, 4.69) is 15.1 Å². The van der Waals surface area contributed by atoms with Gasteiger partial charge in [-0.15, -0.1) is 0 Å². The second kappa shape index (κ2) is 5.50. The monoisotopic (exact) mass is 262 g/mol. The average Bonchev–Trinajstić information content (AvgIpc) is 2.88. The Morgan fingerprint density at radius 3 is 2.72 bits per heavy atom. The van der Waals surface area contributed by atoms with Crippen LogP contribution in [0.25, 0.3) is 0 Å². The van der Waals surface area contributed by atoms with Gasteiger partial charge in [0.15, 0.2) is 5.69 Å². The second-order valence-electron chi connectivity index (χ2n) is 3.66. The molecule has 2 N–H and O–H groups in total. The molecular formula is C12H14N4OS. The van der Waals surface area contributed by atoms with E-state index in [4.69, 9.17) is 0 Å². The summed E-state index contributed by atoms with van der Waals surface area (Å²) < 4.78 is 4.10. The number of hydrogen-bond acceptors (Lipinski definition) is 5. The fraction of sp³-hybridized carbons (Fsp3) is 0.167. The molecule has 0 fully saturated rings. The van der Waals surface area contributed by atoms with Gasteiger partial charge in [-0.3, -0.25) is 15.2 Å². The van der Waals surface area contributed by atoms with Gasteiger partial charge in [0.05, 0.1) is 5.69 Å². The summed E-state index contributed by atoms with van der Waals surface area (Å²) in [6.07, 6.45) is 0. The van der Waals surface area contributed by atoms with Crippen molar-refractivity contribution in [2.24, 2.45) is 0 Å². The van der Waals surface area contributed by atoms with Gasteiger partial charge < -0.3 is 5.32 Å². The summed E-state index contributed by atoms with van der Waals surface area (Å²) in [6, 6.07) is 9.75. The predicted octanol–water partition coefficient (Wildman–Crippen LogP) is 1.97. The minimum atomic E-state index is -0.187. The highest BCUT2D eigenvalue weighted by molar-refractivity contribution is 7.04. The molecule has 0 saturated carbocycles. The van der Waals surface area contributed by atoms with E-state index < -0.39 is 0 Å². The highest BCUT2D eigenvalue weighted by Crippen LogP contribution is 2.21. The summed E-state index contributed by atoms with van der Waals surface area (Å²) in [5.74, 6) is -0.187. The lowest BCUT2D eigenvalue weighted by Crippen LogP contribution is -2.28. The minimum Gasteiger partial charge on any atom is -0.354 e. The fourth-order valence-corrected chi connectivity index (χ4v) is 2.22. The molecule has 6 heteroatoms. The van der Waals surface area contributed by atoms with E-state index in [-0.39, 0.29) is 5.91 Å². The summed E-state index contributed by atoms with van der Waals surface area (Å²) >= 11 is 1.26. The Kier molecular flexibility index (Phi) is 3.78. The Balaban J connectivity index is 2.17. The van der Waals surface area contributed by atoms with E-state index in [9.17, 15) is 4.79 Å². The van der Waals surface area contributed by atoms with Crippen LogP contribution >= 0.6 is 11.5 Å². The number of aromatic nitrogens is 1. The average molecular weight is 262 g/mol. The van der Waals surface area contributed by atoms with Crippen molar-refractivity contribution in [1.82, 2.24) is 9.69 Å². The first-order chi connectivity index (χ1) is 8.72. The molecule has 0 unspecified atom stereocenters. The van der Waals surface area contributed by atoms with Gasteiger partial charge in [0.25, 0.3) is 5.91 Å². The lowest BCUT2D eigenvalue weighted by Gasteiger charge is -2.20. The molecule has 18 heavy (non-hydrogen) atoms. The largest absolute Gasteiger partial charge is 0.354 e. The SMILES string of the molecule is CNC(=O)c1nscc1N(C)Nc1ccccc1. The van der Waals surface area contributed by atoms with Crippen LogP contribution in [0.5, 0.6) is 0 Å². The van der Waals surface area contributed by atoms with E-state index >= 15 is 0 Å². The Bertz CT molecular complexity index is 526. The fourth-order valence-electron chi connectivity index (χ4n) is 1.51. The molecule has 0 radical (unpaired) electrons. The molecule has 1 aromatic heterocycles. The van der Waals surface area contributed by atoms with Crippen molar-refractivity contribution in [3.8, 4) is 0 Å². The lowest BCUT2D eigenvalue weighted by molar-refractivity contribution is 0.0960. The quantitative estimate of drug-likeness (QED) is 0.827. The van der Waals surface area contributed by atoms with E-state index in [1.807, 2.05) is 42.8 Å². The number of carbonyl (C=O) groups is 1. The molecule has 0 aliphatic carbocycles. The van der Waals surface area contributed by atoms with Crippen LogP contribution in [0.4, 0.5) is 11.4 Å². The summed E-state index contributed by atoms with van der Waals surface area (Å²) in [7, 11) is 3.44. The second-order valence-corrected chi connectivity index (χ2v) is 4.29. The van der Waals surface area contributed by atoms with E-state index in [0.29, 0.717) is 5.69 Å². The molecule has 0 aliphatic heterocycles. The van der Waals surface area contributed by atoms with Crippen LogP contribution in [-0.2, 0) is 0 Å². The lowest BCUT2D eigenvalue weighted by atomic mass is 10.3. The Labute approximate surface area is 110 Å². The summed E-state index contributed by atoms with van der Waals surface area (Å²) in [4.78, 5) is 11.6. The number of amides is 1. The highest BCUT2D eigenvalue weighted by atomic mass is 32.1. The number of hydrazine groups is 1. The Morgan fingerprint density at radius 2 is 2.06 bits per heavy atom. The van der Waals surface area contributed by atoms with Crippen molar-refractivity contribution in [3.63, 3.8) is 0 Å². The molecule has 0 atom stereocenters. The molecule has 1 heterocycles. The number of anilines is 2. The van der Waals surface area contributed by atoms with Gasteiger partial charge in [-0.05, 0) is 23.7 Å². The van der Waals surface area contributed by atoms with Gasteiger partial charge in [0.1, 0.15) is 5.69 Å². The number of nitrogens with one attached hydrogen (secondary N) is 2. The van der Waals surface area contributed by atoms with Gasteiger partial charge in [-0.1, -0.05) is 18.2 Å². The molecule has 5 nitrogen and oxygen atoms in total. The first-order valence-electron chi connectivity index (χ1n) is 5.44. The summed E-state index contributed by atoms with van der Waals surface area (Å²) in [5.41, 5.74) is 5.31. The zero-order chi connectivity index (χ0) is 13.0. The third-order valence-electron chi connectivity index (χ3n) is 2.43. The van der Waals surface area contributed by atoms with Crippen molar-refractivity contribution in [3.05, 3.63) is 41.4 Å². The Morgan fingerprint density at radius 1 is 1.33 bits per heavy atom. The molecule has 0 saturated heterocycles. The van der Waals surface area contributed by atoms with Gasteiger partial charge >= 0.3 is 0 Å². The van der Waals surface area contributed by atoms with Crippen LogP contribution in [0, 0.1) is 0 Å². The van der Waals surface area contributed by atoms with Crippen LogP contribution < -0.4 is 15.8 Å². The Hall–Kier alpha value is -2.08. The topological polar surface area (TPSA) is 57.3 Å². The molecule has 1 amide bonds. The standard InChI is InChI=1S/C12H14N4OS/c1-13-12(17)11-10(8-18-15-11)16(2)14-9-6-4-3-5-7-9/h3-8,14H,1-2H3,(H,13,17). The van der Waals surface area contributed by atoms with Crippen LogP contribution in [0.1, 0.15) is 10.5 Å².